The predicted molar refractivity (Wildman–Crippen MR) is 185 cm³/mol. The Morgan fingerprint density at radius 2 is 1.57 bits per heavy atom. The monoisotopic (exact) mass is 630 g/mol. The molecule has 0 aromatic heterocycles. The second-order valence-electron chi connectivity index (χ2n) is 18.1. The molecule has 4 unspecified atom stereocenters. The van der Waals surface area contributed by atoms with Crippen molar-refractivity contribution in [3.05, 3.63) is 47.5 Å². The van der Waals surface area contributed by atoms with Gasteiger partial charge < -0.3 is 9.84 Å². The number of ether oxygens (including phenoxy) is 1. The maximum atomic E-state index is 13.5. The summed E-state index contributed by atoms with van der Waals surface area (Å²) in [5.41, 5.74) is 2.95. The van der Waals surface area contributed by atoms with E-state index in [9.17, 15) is 14.7 Å². The van der Waals surface area contributed by atoms with E-state index in [1.807, 2.05) is 12.1 Å². The number of aryl methyl sites for hydroxylation is 1. The molecule has 0 saturated heterocycles. The third-order valence-corrected chi connectivity index (χ3v) is 15.9. The van der Waals surface area contributed by atoms with E-state index in [0.29, 0.717) is 29.2 Å². The summed E-state index contributed by atoms with van der Waals surface area (Å²) in [4.78, 5) is 26.4. The Hall–Kier alpha value is -2.10. The summed E-state index contributed by atoms with van der Waals surface area (Å²) >= 11 is 0. The molecule has 254 valence electrons. The Morgan fingerprint density at radius 3 is 2.22 bits per heavy atom. The van der Waals surface area contributed by atoms with Gasteiger partial charge in [0.05, 0.1) is 11.0 Å². The van der Waals surface area contributed by atoms with Crippen molar-refractivity contribution in [3.8, 4) is 0 Å². The van der Waals surface area contributed by atoms with Crippen LogP contribution in [0.25, 0.3) is 0 Å². The Morgan fingerprint density at radius 1 is 0.848 bits per heavy atom. The summed E-state index contributed by atoms with van der Waals surface area (Å²) in [5.74, 6) is 1.33. The average molecular weight is 631 g/mol. The zero-order chi connectivity index (χ0) is 33.3. The quantitative estimate of drug-likeness (QED) is 0.176. The lowest BCUT2D eigenvalue weighted by atomic mass is 9.32. The first-order valence-electron chi connectivity index (χ1n) is 18.8. The molecule has 0 bridgehead atoms. The van der Waals surface area contributed by atoms with Gasteiger partial charge in [0.2, 0.25) is 0 Å². The van der Waals surface area contributed by atoms with Crippen LogP contribution in [-0.4, -0.2) is 23.1 Å². The van der Waals surface area contributed by atoms with Crippen LogP contribution in [0, 0.1) is 56.7 Å². The van der Waals surface area contributed by atoms with Crippen molar-refractivity contribution in [2.24, 2.45) is 56.7 Å². The molecule has 5 saturated carbocycles. The molecule has 46 heavy (non-hydrogen) atoms. The molecular weight excluding hydrogens is 568 g/mol. The van der Waals surface area contributed by atoms with Crippen LogP contribution in [0.3, 0.4) is 0 Å². The van der Waals surface area contributed by atoms with Crippen LogP contribution in [0.5, 0.6) is 0 Å². The molecule has 0 radical (unpaired) electrons. The normalized spacial score (nSPS) is 42.6. The van der Waals surface area contributed by atoms with Crippen LogP contribution >= 0.6 is 0 Å². The van der Waals surface area contributed by atoms with Crippen molar-refractivity contribution in [2.45, 2.75) is 144 Å². The number of fused-ring (bicyclic) bond motifs is 7. The minimum Gasteiger partial charge on any atom is -0.481 e. The number of carbonyl (C=O) groups excluding carboxylic acids is 1. The van der Waals surface area contributed by atoms with Gasteiger partial charge in [0.1, 0.15) is 6.10 Å². The first kappa shape index (κ1) is 33.8. The number of allylic oxidation sites excluding steroid dienone is 1. The molecule has 6 rings (SSSR count). The Kier molecular flexibility index (Phi) is 8.67. The highest BCUT2D eigenvalue weighted by molar-refractivity contribution is 5.89. The van der Waals surface area contributed by atoms with Gasteiger partial charge in [-0.25, -0.2) is 4.79 Å². The Bertz CT molecular complexity index is 1340. The molecule has 5 aliphatic rings. The van der Waals surface area contributed by atoms with Gasteiger partial charge in [-0.2, -0.15) is 0 Å². The molecule has 1 N–H and O–H groups in total. The number of unbranched alkanes of at least 4 members (excludes halogenated alkanes) is 2. The lowest BCUT2D eigenvalue weighted by Gasteiger charge is -2.72. The minimum absolute atomic E-state index is 0.0840. The number of esters is 1. The standard InChI is InChI=1S/C42H62O4/c1-9-10-11-12-28-13-15-29(16-14-28)36(43)46-34-21-22-39(6)32(38(34,4)5)20-23-41(8)33(39)18-17-31-35-30(27(2)3)19-24-42(35,37(44)45)26-25-40(31,41)7/h13-16,30-35H,2,9-12,17-26H2,1,3-8H3,(H,44,45)/t30-,31?,32?,33?,34-,35?,39-,40+,41+,42-/m0/s1. The van der Waals surface area contributed by atoms with E-state index in [1.54, 1.807) is 0 Å². The molecule has 4 nitrogen and oxygen atoms in total. The molecule has 0 aliphatic heterocycles. The predicted octanol–water partition coefficient (Wildman–Crippen LogP) is 10.7. The fraction of sp³-hybridized carbons (Fsp3) is 0.762. The van der Waals surface area contributed by atoms with Crippen LogP contribution < -0.4 is 0 Å². The maximum absolute atomic E-state index is 13.5. The van der Waals surface area contributed by atoms with E-state index in [4.69, 9.17) is 4.74 Å². The summed E-state index contributed by atoms with van der Waals surface area (Å²) in [7, 11) is 0. The van der Waals surface area contributed by atoms with Gasteiger partial charge in [-0.1, -0.05) is 78.7 Å². The van der Waals surface area contributed by atoms with Gasteiger partial charge >= 0.3 is 11.9 Å². The Balaban J connectivity index is 1.22. The van der Waals surface area contributed by atoms with Crippen molar-refractivity contribution in [3.63, 3.8) is 0 Å². The van der Waals surface area contributed by atoms with Gasteiger partial charge in [-0.05, 0) is 148 Å². The number of carbonyl (C=O) groups is 2. The van der Waals surface area contributed by atoms with Crippen molar-refractivity contribution >= 4 is 11.9 Å². The second kappa shape index (κ2) is 11.8. The van der Waals surface area contributed by atoms with E-state index >= 15 is 0 Å². The van der Waals surface area contributed by atoms with E-state index in [-0.39, 0.29) is 39.7 Å². The molecule has 1 aromatic carbocycles. The van der Waals surface area contributed by atoms with E-state index < -0.39 is 11.4 Å². The van der Waals surface area contributed by atoms with E-state index in [0.717, 1.165) is 57.8 Å². The van der Waals surface area contributed by atoms with E-state index in [1.165, 1.54) is 43.2 Å². The topological polar surface area (TPSA) is 63.6 Å². The first-order chi connectivity index (χ1) is 21.7. The van der Waals surface area contributed by atoms with Crippen molar-refractivity contribution in [2.75, 3.05) is 0 Å². The van der Waals surface area contributed by atoms with Gasteiger partial charge in [0.15, 0.2) is 0 Å². The largest absolute Gasteiger partial charge is 0.481 e. The maximum Gasteiger partial charge on any atom is 0.338 e. The summed E-state index contributed by atoms with van der Waals surface area (Å²) in [6.07, 6.45) is 14.9. The Labute approximate surface area is 279 Å². The first-order valence-corrected chi connectivity index (χ1v) is 18.8. The SMILES string of the molecule is C=C(C)[C@@H]1CC[C@]2(C(=O)O)CC[C@]3(C)C(CCC4[C@@]5(C)CC[C@H](OC(=O)c6ccc(CCCCC)cc6)C(C)(C)C5CC[C@]43C)C12. The lowest BCUT2D eigenvalue weighted by Crippen LogP contribution is -2.67. The molecule has 5 fully saturated rings. The summed E-state index contributed by atoms with van der Waals surface area (Å²) < 4.78 is 6.40. The van der Waals surface area contributed by atoms with Gasteiger partial charge in [-0.15, -0.1) is 0 Å². The third-order valence-electron chi connectivity index (χ3n) is 15.9. The smallest absolute Gasteiger partial charge is 0.338 e. The lowest BCUT2D eigenvalue weighted by molar-refractivity contribution is -0.248. The number of benzene rings is 1. The molecule has 5 aliphatic carbocycles. The highest BCUT2D eigenvalue weighted by Crippen LogP contribution is 2.77. The summed E-state index contributed by atoms with van der Waals surface area (Å²) in [6, 6.07) is 8.12. The van der Waals surface area contributed by atoms with Crippen LogP contribution in [-0.2, 0) is 16.0 Å². The van der Waals surface area contributed by atoms with E-state index in [2.05, 4.69) is 67.2 Å². The second-order valence-corrected chi connectivity index (χ2v) is 18.1. The van der Waals surface area contributed by atoms with Crippen LogP contribution in [0.4, 0.5) is 0 Å². The summed E-state index contributed by atoms with van der Waals surface area (Å²) in [6.45, 7) is 21.3. The van der Waals surface area contributed by atoms with Crippen molar-refractivity contribution < 1.29 is 19.4 Å². The average Bonchev–Trinajstić information content (AvgIpc) is 3.41. The molecular formula is C42H62O4. The fourth-order valence-electron chi connectivity index (χ4n) is 13.3. The molecule has 1 aromatic rings. The van der Waals surface area contributed by atoms with Crippen molar-refractivity contribution in [1.29, 1.82) is 0 Å². The van der Waals surface area contributed by atoms with Gasteiger partial charge in [-0.3, -0.25) is 4.79 Å². The minimum atomic E-state index is -0.572. The molecule has 0 amide bonds. The fourth-order valence-corrected chi connectivity index (χ4v) is 13.3. The number of rotatable bonds is 8. The zero-order valence-corrected chi connectivity index (χ0v) is 30.1. The van der Waals surface area contributed by atoms with Crippen LogP contribution in [0.2, 0.25) is 0 Å². The highest BCUT2D eigenvalue weighted by atomic mass is 16.5. The molecule has 0 heterocycles. The van der Waals surface area contributed by atoms with Crippen LogP contribution in [0.15, 0.2) is 36.4 Å². The third kappa shape index (κ3) is 4.88. The highest BCUT2D eigenvalue weighted by Gasteiger charge is 2.72. The molecule has 10 atom stereocenters. The van der Waals surface area contributed by atoms with Crippen LogP contribution in [0.1, 0.15) is 148 Å². The number of hydrogen-bond acceptors (Lipinski definition) is 3. The number of aliphatic carboxylic acids is 1. The number of carboxylic acids is 1. The zero-order valence-electron chi connectivity index (χ0n) is 30.1. The molecule has 0 spiro atoms. The number of hydrogen-bond donors (Lipinski definition) is 1. The van der Waals surface area contributed by atoms with Crippen molar-refractivity contribution in [1.82, 2.24) is 0 Å². The molecule has 4 heteroatoms. The van der Waals surface area contributed by atoms with Gasteiger partial charge in [0.25, 0.3) is 0 Å². The van der Waals surface area contributed by atoms with Gasteiger partial charge in [0, 0.05) is 5.41 Å². The summed E-state index contributed by atoms with van der Waals surface area (Å²) in [5, 5.41) is 10.7. The number of carboxylic acid groups (broad SMARTS) is 1.